The van der Waals surface area contributed by atoms with Crippen LogP contribution in [0.1, 0.15) is 12.5 Å². The molecular formula is C12H17BrN2OS. The first kappa shape index (κ1) is 14.5. The van der Waals surface area contributed by atoms with Gasteiger partial charge in [-0.2, -0.15) is 0 Å². The maximum atomic E-state index is 5.83. The normalized spacial score (nSPS) is 13.7. The molecule has 0 bridgehead atoms. The van der Waals surface area contributed by atoms with Crippen molar-refractivity contribution in [2.24, 2.45) is 10.7 Å². The number of benzene rings is 1. The topological polar surface area (TPSA) is 47.6 Å². The van der Waals surface area contributed by atoms with E-state index in [1.807, 2.05) is 19.1 Å². The molecule has 1 aromatic rings. The van der Waals surface area contributed by atoms with Gasteiger partial charge < -0.3 is 10.5 Å². The Labute approximate surface area is 115 Å². The molecule has 0 aliphatic rings. The van der Waals surface area contributed by atoms with Crippen LogP contribution in [-0.2, 0) is 10.5 Å². The molecule has 0 aliphatic carbocycles. The summed E-state index contributed by atoms with van der Waals surface area (Å²) in [6.07, 6.45) is 0. The lowest BCUT2D eigenvalue weighted by Crippen LogP contribution is -2.15. The molecule has 17 heavy (non-hydrogen) atoms. The molecule has 3 nitrogen and oxygen atoms in total. The van der Waals surface area contributed by atoms with Crippen LogP contribution in [-0.4, -0.2) is 24.9 Å². The van der Waals surface area contributed by atoms with Crippen molar-refractivity contribution in [3.63, 3.8) is 0 Å². The summed E-state index contributed by atoms with van der Waals surface area (Å²) in [7, 11) is 1.66. The number of rotatable bonds is 5. The highest BCUT2D eigenvalue weighted by Gasteiger charge is 2.01. The zero-order valence-electron chi connectivity index (χ0n) is 10.0. The van der Waals surface area contributed by atoms with E-state index in [4.69, 9.17) is 10.5 Å². The summed E-state index contributed by atoms with van der Waals surface area (Å²) in [6, 6.07) is 8.30. The van der Waals surface area contributed by atoms with Gasteiger partial charge in [0.25, 0.3) is 0 Å². The molecule has 2 N–H and O–H groups in total. The summed E-state index contributed by atoms with van der Waals surface area (Å²) < 4.78 is 6.09. The van der Waals surface area contributed by atoms with Crippen molar-refractivity contribution in [2.75, 3.05) is 13.7 Å². The fraction of sp³-hybridized carbons (Fsp3) is 0.417. The average molecular weight is 317 g/mol. The molecular weight excluding hydrogens is 300 g/mol. The van der Waals surface area contributed by atoms with Crippen LogP contribution < -0.4 is 5.73 Å². The Morgan fingerprint density at radius 1 is 1.47 bits per heavy atom. The number of halogens is 1. The number of methoxy groups -OCH3 is 1. The van der Waals surface area contributed by atoms with Gasteiger partial charge in [-0.1, -0.05) is 39.8 Å². The maximum Gasteiger partial charge on any atom is 0.154 e. The summed E-state index contributed by atoms with van der Waals surface area (Å²) in [4.78, 5) is 4.32. The molecule has 0 aliphatic heterocycles. The van der Waals surface area contributed by atoms with Gasteiger partial charge in [0.15, 0.2) is 5.17 Å². The fourth-order valence-corrected chi connectivity index (χ4v) is 2.30. The Morgan fingerprint density at radius 3 is 2.71 bits per heavy atom. The molecule has 0 saturated carbocycles. The lowest BCUT2D eigenvalue weighted by molar-refractivity contribution is 0.186. The predicted octanol–water partition coefficient (Wildman–Crippen LogP) is 3.03. The van der Waals surface area contributed by atoms with Crippen LogP contribution in [0, 0.1) is 0 Å². The highest BCUT2D eigenvalue weighted by Crippen LogP contribution is 2.16. The van der Waals surface area contributed by atoms with Gasteiger partial charge >= 0.3 is 0 Å². The minimum atomic E-state index is 0.109. The van der Waals surface area contributed by atoms with Crippen molar-refractivity contribution in [1.29, 1.82) is 0 Å². The minimum Gasteiger partial charge on any atom is -0.382 e. The van der Waals surface area contributed by atoms with E-state index in [0.717, 1.165) is 10.2 Å². The number of aliphatic imine (C=N–C) groups is 1. The number of thioether (sulfide) groups is 1. The number of nitrogens with two attached hydrogens (primary N) is 1. The Balaban J connectivity index is 2.42. The zero-order chi connectivity index (χ0) is 12.7. The quantitative estimate of drug-likeness (QED) is 0.671. The molecule has 0 heterocycles. The second-order valence-electron chi connectivity index (χ2n) is 3.69. The summed E-state index contributed by atoms with van der Waals surface area (Å²) in [5.74, 6) is 0.836. The summed E-state index contributed by atoms with van der Waals surface area (Å²) in [5.41, 5.74) is 7.06. The van der Waals surface area contributed by atoms with Crippen LogP contribution in [0.2, 0.25) is 0 Å². The van der Waals surface area contributed by atoms with Gasteiger partial charge in [-0.05, 0) is 24.6 Å². The second kappa shape index (κ2) is 7.74. The van der Waals surface area contributed by atoms with Gasteiger partial charge in [0.1, 0.15) is 0 Å². The number of hydrogen-bond donors (Lipinski definition) is 1. The zero-order valence-corrected chi connectivity index (χ0v) is 12.4. The Bertz CT molecular complexity index is 367. The largest absolute Gasteiger partial charge is 0.382 e. The van der Waals surface area contributed by atoms with Gasteiger partial charge in [-0.25, -0.2) is 0 Å². The van der Waals surface area contributed by atoms with Crippen molar-refractivity contribution >= 4 is 32.9 Å². The lowest BCUT2D eigenvalue weighted by atomic mass is 10.2. The predicted molar refractivity (Wildman–Crippen MR) is 78.4 cm³/mol. The van der Waals surface area contributed by atoms with Crippen LogP contribution in [0.5, 0.6) is 0 Å². The highest BCUT2D eigenvalue weighted by molar-refractivity contribution is 9.10. The van der Waals surface area contributed by atoms with Gasteiger partial charge in [0.2, 0.25) is 0 Å². The molecule has 0 aromatic heterocycles. The SMILES string of the molecule is COC[C@H](C)N=C(N)SCc1ccc(Br)cc1. The van der Waals surface area contributed by atoms with E-state index in [9.17, 15) is 0 Å². The average Bonchev–Trinajstić information content (AvgIpc) is 2.28. The van der Waals surface area contributed by atoms with Gasteiger partial charge in [-0.15, -0.1) is 0 Å². The van der Waals surface area contributed by atoms with Crippen LogP contribution in [0.4, 0.5) is 0 Å². The molecule has 0 unspecified atom stereocenters. The van der Waals surface area contributed by atoms with Gasteiger partial charge in [0, 0.05) is 17.3 Å². The number of hydrogen-bond acceptors (Lipinski definition) is 3. The number of nitrogens with zero attached hydrogens (tertiary/aromatic N) is 1. The van der Waals surface area contributed by atoms with Crippen LogP contribution in [0.15, 0.2) is 33.7 Å². The third kappa shape index (κ3) is 6.10. The smallest absolute Gasteiger partial charge is 0.154 e. The highest BCUT2D eigenvalue weighted by atomic mass is 79.9. The molecule has 1 rings (SSSR count). The van der Waals surface area contributed by atoms with Crippen LogP contribution in [0.3, 0.4) is 0 Å². The monoisotopic (exact) mass is 316 g/mol. The molecule has 5 heteroatoms. The van der Waals surface area contributed by atoms with Crippen molar-refractivity contribution in [2.45, 2.75) is 18.7 Å². The standard InChI is InChI=1S/C12H17BrN2OS/c1-9(7-16-2)15-12(14)17-8-10-3-5-11(13)6-4-10/h3-6,9H,7-8H2,1-2H3,(H2,14,15)/t9-/m0/s1. The van der Waals surface area contributed by atoms with Crippen molar-refractivity contribution in [3.05, 3.63) is 34.3 Å². The van der Waals surface area contributed by atoms with Crippen molar-refractivity contribution in [3.8, 4) is 0 Å². The Kier molecular flexibility index (Phi) is 6.62. The third-order valence-electron chi connectivity index (χ3n) is 2.06. The van der Waals surface area contributed by atoms with E-state index in [2.05, 4.69) is 33.1 Å². The van der Waals surface area contributed by atoms with Gasteiger partial charge in [0.05, 0.1) is 12.6 Å². The van der Waals surface area contributed by atoms with E-state index < -0.39 is 0 Å². The number of amidine groups is 1. The first-order chi connectivity index (χ1) is 8.11. The van der Waals surface area contributed by atoms with Crippen LogP contribution in [0.25, 0.3) is 0 Å². The summed E-state index contributed by atoms with van der Waals surface area (Å²) in [5, 5.41) is 0.609. The van der Waals surface area contributed by atoms with Crippen molar-refractivity contribution < 1.29 is 4.74 Å². The molecule has 1 atom stereocenters. The molecule has 0 spiro atoms. The summed E-state index contributed by atoms with van der Waals surface area (Å²) >= 11 is 4.95. The van der Waals surface area contributed by atoms with E-state index in [1.165, 1.54) is 5.56 Å². The summed E-state index contributed by atoms with van der Waals surface area (Å²) in [6.45, 7) is 2.58. The fourth-order valence-electron chi connectivity index (χ4n) is 1.27. The van der Waals surface area contributed by atoms with E-state index in [-0.39, 0.29) is 6.04 Å². The molecule has 1 aromatic carbocycles. The van der Waals surface area contributed by atoms with Crippen molar-refractivity contribution in [1.82, 2.24) is 0 Å². The molecule has 0 saturated heterocycles. The molecule has 0 fully saturated rings. The Hall–Kier alpha value is -0.520. The van der Waals surface area contributed by atoms with E-state index >= 15 is 0 Å². The number of ether oxygens (including phenoxy) is 1. The van der Waals surface area contributed by atoms with E-state index in [1.54, 1.807) is 18.9 Å². The first-order valence-corrected chi connectivity index (χ1v) is 7.09. The minimum absolute atomic E-state index is 0.109. The molecule has 94 valence electrons. The lowest BCUT2D eigenvalue weighted by Gasteiger charge is -2.06. The molecule has 0 amide bonds. The van der Waals surface area contributed by atoms with Crippen LogP contribution >= 0.6 is 27.7 Å². The third-order valence-corrected chi connectivity index (χ3v) is 3.46. The van der Waals surface area contributed by atoms with E-state index in [0.29, 0.717) is 11.8 Å². The van der Waals surface area contributed by atoms with Gasteiger partial charge in [-0.3, -0.25) is 4.99 Å². The maximum absolute atomic E-state index is 5.83. The second-order valence-corrected chi connectivity index (χ2v) is 5.60. The Morgan fingerprint density at radius 2 is 2.12 bits per heavy atom. The molecule has 0 radical (unpaired) electrons. The first-order valence-electron chi connectivity index (χ1n) is 5.31.